The van der Waals surface area contributed by atoms with E-state index in [4.69, 9.17) is 5.26 Å². The zero-order chi connectivity index (χ0) is 12.5. The Morgan fingerprint density at radius 2 is 1.95 bits per heavy atom. The van der Waals surface area contributed by atoms with Crippen LogP contribution in [0.2, 0.25) is 0 Å². The summed E-state index contributed by atoms with van der Waals surface area (Å²) in [6.45, 7) is 0. The maximum absolute atomic E-state index is 12.2. The van der Waals surface area contributed by atoms with E-state index in [-0.39, 0.29) is 18.3 Å². The highest BCUT2D eigenvalue weighted by Gasteiger charge is 2.33. The third-order valence-corrected chi connectivity index (χ3v) is 4.02. The van der Waals surface area contributed by atoms with Gasteiger partial charge in [-0.3, -0.25) is 4.79 Å². The van der Waals surface area contributed by atoms with E-state index < -0.39 is 0 Å². The van der Waals surface area contributed by atoms with E-state index >= 15 is 0 Å². The molecule has 0 aromatic heterocycles. The minimum atomic E-state index is 0. The molecular formula is C15H17ClN2O. The molecule has 0 radical (unpaired) electrons. The van der Waals surface area contributed by atoms with Crippen LogP contribution >= 0.6 is 12.4 Å². The number of benzene rings is 1. The fourth-order valence-electron chi connectivity index (χ4n) is 3.13. The number of nitrogens with zero attached hydrogens (tertiary/aromatic N) is 2. The normalized spacial score (nSPS) is 18.7. The Morgan fingerprint density at radius 1 is 1.21 bits per heavy atom. The number of rotatable bonds is 1. The Kier molecular flexibility index (Phi) is 4.11. The lowest BCUT2D eigenvalue weighted by Gasteiger charge is -2.31. The highest BCUT2D eigenvalue weighted by molar-refractivity contribution is 6.02. The zero-order valence-electron chi connectivity index (χ0n) is 10.8. The van der Waals surface area contributed by atoms with Crippen LogP contribution in [0.25, 0.3) is 0 Å². The van der Waals surface area contributed by atoms with Gasteiger partial charge in [-0.05, 0) is 30.5 Å². The molecule has 0 spiro atoms. The molecule has 4 heteroatoms. The van der Waals surface area contributed by atoms with Gasteiger partial charge in [0.25, 0.3) is 0 Å². The lowest BCUT2D eigenvalue weighted by atomic mass is 9.94. The third-order valence-electron chi connectivity index (χ3n) is 4.02. The van der Waals surface area contributed by atoms with Crippen LogP contribution in [0.15, 0.2) is 18.2 Å². The van der Waals surface area contributed by atoms with Crippen molar-refractivity contribution >= 4 is 24.0 Å². The largest absolute Gasteiger partial charge is 0.309 e. The van der Waals surface area contributed by atoms with Crippen molar-refractivity contribution in [2.45, 2.75) is 44.6 Å². The number of fused-ring (bicyclic) bond motifs is 1. The quantitative estimate of drug-likeness (QED) is 0.791. The van der Waals surface area contributed by atoms with E-state index in [1.54, 1.807) is 6.07 Å². The Balaban J connectivity index is 0.00000133. The van der Waals surface area contributed by atoms with Crippen molar-refractivity contribution in [3.63, 3.8) is 0 Å². The monoisotopic (exact) mass is 276 g/mol. The molecule has 1 aliphatic carbocycles. The minimum absolute atomic E-state index is 0. The van der Waals surface area contributed by atoms with Crippen molar-refractivity contribution < 1.29 is 4.79 Å². The van der Waals surface area contributed by atoms with E-state index in [1.807, 2.05) is 17.0 Å². The van der Waals surface area contributed by atoms with Crippen LogP contribution in [0.4, 0.5) is 5.69 Å². The highest BCUT2D eigenvalue weighted by atomic mass is 35.5. The molecule has 0 N–H and O–H groups in total. The van der Waals surface area contributed by atoms with Gasteiger partial charge in [-0.15, -0.1) is 12.4 Å². The van der Waals surface area contributed by atoms with Gasteiger partial charge in [-0.25, -0.2) is 0 Å². The first-order chi connectivity index (χ1) is 8.79. The summed E-state index contributed by atoms with van der Waals surface area (Å²) < 4.78 is 0. The summed E-state index contributed by atoms with van der Waals surface area (Å²) >= 11 is 0. The summed E-state index contributed by atoms with van der Waals surface area (Å²) in [6.07, 6.45) is 6.40. The Bertz CT molecular complexity index is 529. The van der Waals surface area contributed by atoms with E-state index in [1.165, 1.54) is 19.3 Å². The zero-order valence-corrected chi connectivity index (χ0v) is 11.6. The second-order valence-electron chi connectivity index (χ2n) is 5.19. The SMILES string of the molecule is Cl.N#Cc1ccc2c(c1)N(C1CCCCC1)C(=O)C2. The number of hydrogen-bond acceptors (Lipinski definition) is 2. The van der Waals surface area contributed by atoms with Gasteiger partial charge >= 0.3 is 0 Å². The molecule has 3 nitrogen and oxygen atoms in total. The minimum Gasteiger partial charge on any atom is -0.309 e. The van der Waals surface area contributed by atoms with Gasteiger partial charge in [0.2, 0.25) is 5.91 Å². The van der Waals surface area contributed by atoms with Crippen LogP contribution in [0.3, 0.4) is 0 Å². The standard InChI is InChI=1S/C15H16N2O.ClH/c16-10-11-6-7-12-9-15(18)17(14(12)8-11)13-4-2-1-3-5-13;/h6-8,13H,1-5,9H2;1H. The van der Waals surface area contributed by atoms with Crippen LogP contribution in [0, 0.1) is 11.3 Å². The van der Waals surface area contributed by atoms with Crippen LogP contribution in [-0.4, -0.2) is 11.9 Å². The predicted molar refractivity (Wildman–Crippen MR) is 76.5 cm³/mol. The van der Waals surface area contributed by atoms with Gasteiger partial charge in [0.1, 0.15) is 0 Å². The van der Waals surface area contributed by atoms with E-state index in [2.05, 4.69) is 6.07 Å². The molecule has 100 valence electrons. The fourth-order valence-corrected chi connectivity index (χ4v) is 3.13. The summed E-state index contributed by atoms with van der Waals surface area (Å²) in [7, 11) is 0. The second-order valence-corrected chi connectivity index (χ2v) is 5.19. The van der Waals surface area contributed by atoms with Crippen LogP contribution in [0.1, 0.15) is 43.2 Å². The molecule has 0 saturated heterocycles. The van der Waals surface area contributed by atoms with Gasteiger partial charge in [0, 0.05) is 11.7 Å². The van der Waals surface area contributed by atoms with Gasteiger partial charge in [-0.1, -0.05) is 25.3 Å². The molecule has 19 heavy (non-hydrogen) atoms. The Hall–Kier alpha value is -1.53. The van der Waals surface area contributed by atoms with Gasteiger partial charge in [-0.2, -0.15) is 5.26 Å². The molecule has 1 saturated carbocycles. The second kappa shape index (κ2) is 5.63. The summed E-state index contributed by atoms with van der Waals surface area (Å²) in [5.41, 5.74) is 2.69. The van der Waals surface area contributed by atoms with E-state index in [0.717, 1.165) is 24.1 Å². The van der Waals surface area contributed by atoms with E-state index in [9.17, 15) is 4.79 Å². The van der Waals surface area contributed by atoms with Crippen LogP contribution in [0.5, 0.6) is 0 Å². The maximum Gasteiger partial charge on any atom is 0.231 e. The van der Waals surface area contributed by atoms with E-state index in [0.29, 0.717) is 18.0 Å². The Labute approximate surface area is 119 Å². The molecule has 0 unspecified atom stereocenters. The third kappa shape index (κ3) is 2.46. The average molecular weight is 277 g/mol. The predicted octanol–water partition coefficient (Wildman–Crippen LogP) is 3.20. The van der Waals surface area contributed by atoms with Gasteiger partial charge in [0.15, 0.2) is 0 Å². The number of halogens is 1. The van der Waals surface area contributed by atoms with Crippen molar-refractivity contribution in [1.82, 2.24) is 0 Å². The molecule has 2 aliphatic rings. The van der Waals surface area contributed by atoms with Gasteiger partial charge in [0.05, 0.1) is 18.1 Å². The number of hydrogen-bond donors (Lipinski definition) is 0. The molecule has 3 rings (SSSR count). The summed E-state index contributed by atoms with van der Waals surface area (Å²) in [6, 6.07) is 8.10. The van der Waals surface area contributed by atoms with Crippen molar-refractivity contribution in [3.8, 4) is 6.07 Å². The van der Waals surface area contributed by atoms with Gasteiger partial charge < -0.3 is 4.90 Å². The van der Waals surface area contributed by atoms with Crippen molar-refractivity contribution in [1.29, 1.82) is 5.26 Å². The molecule has 1 heterocycles. The smallest absolute Gasteiger partial charge is 0.231 e. The molecule has 1 aromatic carbocycles. The summed E-state index contributed by atoms with van der Waals surface area (Å²) in [4.78, 5) is 14.1. The lowest BCUT2D eigenvalue weighted by Crippen LogP contribution is -2.39. The summed E-state index contributed by atoms with van der Waals surface area (Å²) in [5, 5.41) is 8.98. The highest BCUT2D eigenvalue weighted by Crippen LogP contribution is 2.35. The number of anilines is 1. The number of nitriles is 1. The first-order valence-corrected chi connectivity index (χ1v) is 6.64. The van der Waals surface area contributed by atoms with Crippen molar-refractivity contribution in [2.24, 2.45) is 0 Å². The topological polar surface area (TPSA) is 44.1 Å². The first-order valence-electron chi connectivity index (χ1n) is 6.64. The average Bonchev–Trinajstić information content (AvgIpc) is 2.74. The van der Waals surface area contributed by atoms with Crippen molar-refractivity contribution in [2.75, 3.05) is 4.90 Å². The molecule has 0 atom stereocenters. The fraction of sp³-hybridized carbons (Fsp3) is 0.467. The summed E-state index contributed by atoms with van der Waals surface area (Å²) in [5.74, 6) is 0.201. The van der Waals surface area contributed by atoms with Crippen LogP contribution in [-0.2, 0) is 11.2 Å². The number of carbonyl (C=O) groups is 1. The maximum atomic E-state index is 12.2. The number of amides is 1. The lowest BCUT2D eigenvalue weighted by molar-refractivity contribution is -0.117. The Morgan fingerprint density at radius 3 is 2.63 bits per heavy atom. The first kappa shape index (κ1) is 13.9. The molecule has 1 amide bonds. The molecule has 1 fully saturated rings. The molecule has 1 aliphatic heterocycles. The van der Waals surface area contributed by atoms with Crippen molar-refractivity contribution in [3.05, 3.63) is 29.3 Å². The molecule has 0 bridgehead atoms. The molecular weight excluding hydrogens is 260 g/mol. The van der Waals surface area contributed by atoms with Crippen LogP contribution < -0.4 is 4.90 Å². The number of carbonyl (C=O) groups excluding carboxylic acids is 1. The molecule has 1 aromatic rings.